The fourth-order valence-corrected chi connectivity index (χ4v) is 9.17. The summed E-state index contributed by atoms with van der Waals surface area (Å²) in [5.41, 5.74) is 1.67. The molecule has 4 aliphatic carbocycles. The number of hydrogen-bond acceptors (Lipinski definition) is 2. The van der Waals surface area contributed by atoms with Crippen LogP contribution >= 0.6 is 11.6 Å². The molecule has 0 aromatic rings. The van der Waals surface area contributed by atoms with Gasteiger partial charge in [0.1, 0.15) is 6.10 Å². The molecule has 0 bridgehead atoms. The molecule has 186 valence electrons. The number of rotatable bonds is 6. The molecule has 0 aliphatic heterocycles. The van der Waals surface area contributed by atoms with Crippen LogP contribution in [-0.2, 0) is 4.74 Å². The van der Waals surface area contributed by atoms with Crippen LogP contribution in [0.25, 0.3) is 0 Å². The van der Waals surface area contributed by atoms with Crippen LogP contribution in [0.1, 0.15) is 99.3 Å². The fourth-order valence-electron chi connectivity index (χ4n) is 9.05. The zero-order chi connectivity index (χ0) is 24.0. The molecule has 0 amide bonds. The summed E-state index contributed by atoms with van der Waals surface area (Å²) in [4.78, 5) is 11.3. The van der Waals surface area contributed by atoms with Gasteiger partial charge in [0.15, 0.2) is 0 Å². The summed E-state index contributed by atoms with van der Waals surface area (Å²) in [7, 11) is 0. The number of allylic oxidation sites excluding steroid dienone is 3. The van der Waals surface area contributed by atoms with Gasteiger partial charge in [0.05, 0.1) is 0 Å². The maximum atomic E-state index is 11.3. The molecule has 9 atom stereocenters. The molecular weight excluding hydrogens is 428 g/mol. The van der Waals surface area contributed by atoms with Gasteiger partial charge in [-0.25, -0.2) is 4.79 Å². The van der Waals surface area contributed by atoms with Crippen molar-refractivity contribution in [3.05, 3.63) is 23.8 Å². The monoisotopic (exact) mass is 474 g/mol. The first-order valence-electron chi connectivity index (χ1n) is 13.8. The highest BCUT2D eigenvalue weighted by molar-refractivity contribution is 6.61. The predicted molar refractivity (Wildman–Crippen MR) is 138 cm³/mol. The Balaban J connectivity index is 1.49. The molecule has 0 aromatic heterocycles. The number of carbonyl (C=O) groups is 1. The van der Waals surface area contributed by atoms with E-state index < -0.39 is 5.43 Å². The van der Waals surface area contributed by atoms with Gasteiger partial charge in [0.2, 0.25) is 0 Å². The average Bonchev–Trinajstić information content (AvgIpc) is 3.11. The Bertz CT molecular complexity index is 784. The Morgan fingerprint density at radius 2 is 1.88 bits per heavy atom. The highest BCUT2D eigenvalue weighted by Gasteiger charge is 2.59. The van der Waals surface area contributed by atoms with Crippen molar-refractivity contribution in [2.75, 3.05) is 0 Å². The largest absolute Gasteiger partial charge is 0.450 e. The summed E-state index contributed by atoms with van der Waals surface area (Å²) in [6, 6.07) is 0. The molecule has 0 heterocycles. The summed E-state index contributed by atoms with van der Waals surface area (Å²) in [5.74, 6) is 5.41. The predicted octanol–water partition coefficient (Wildman–Crippen LogP) is 9.18. The molecule has 0 aromatic carbocycles. The molecule has 3 saturated carbocycles. The number of carbonyl (C=O) groups excluding carboxylic acids is 1. The molecule has 9 unspecified atom stereocenters. The lowest BCUT2D eigenvalue weighted by Crippen LogP contribution is -2.51. The van der Waals surface area contributed by atoms with Gasteiger partial charge >= 0.3 is 5.43 Å². The topological polar surface area (TPSA) is 26.3 Å². The zero-order valence-corrected chi connectivity index (χ0v) is 22.7. The number of hydrogen-bond donors (Lipinski definition) is 0. The molecule has 33 heavy (non-hydrogen) atoms. The summed E-state index contributed by atoms with van der Waals surface area (Å²) < 4.78 is 5.39. The highest BCUT2D eigenvalue weighted by Crippen LogP contribution is 2.67. The van der Waals surface area contributed by atoms with Crippen LogP contribution < -0.4 is 0 Å². The lowest BCUT2D eigenvalue weighted by molar-refractivity contribution is -0.0541. The number of halogens is 1. The zero-order valence-electron chi connectivity index (χ0n) is 21.9. The molecule has 4 rings (SSSR count). The molecule has 0 spiro atoms. The second-order valence-electron chi connectivity index (χ2n) is 12.8. The maximum absolute atomic E-state index is 11.3. The van der Waals surface area contributed by atoms with Gasteiger partial charge in [-0.2, -0.15) is 0 Å². The van der Waals surface area contributed by atoms with Crippen LogP contribution in [0.3, 0.4) is 0 Å². The lowest BCUT2D eigenvalue weighted by Gasteiger charge is -2.58. The molecule has 0 radical (unpaired) electrons. The first-order chi connectivity index (χ1) is 15.6. The summed E-state index contributed by atoms with van der Waals surface area (Å²) in [6.45, 7) is 14.7. The minimum absolute atomic E-state index is 0.0268. The highest BCUT2D eigenvalue weighted by atomic mass is 35.5. The van der Waals surface area contributed by atoms with E-state index >= 15 is 0 Å². The van der Waals surface area contributed by atoms with Crippen molar-refractivity contribution in [2.45, 2.75) is 105 Å². The maximum Gasteiger partial charge on any atom is 0.404 e. The SMILES string of the molecule is CCC(C=CC(C)C1CCC2C3CC=C4CC(OC(=O)Cl)CCC4(C)C3CCC12C)C(C)C. The van der Waals surface area contributed by atoms with Crippen LogP contribution in [0, 0.1) is 52.3 Å². The quantitative estimate of drug-likeness (QED) is 0.283. The standard InChI is InChI=1S/C30H47ClO2/c1-7-21(19(2)3)9-8-20(4)25-12-13-26-24-11-10-22-18-23(33-28(31)32)14-16-29(22,5)27(24)15-17-30(25,26)6/h8-10,19-21,23-27H,7,11-18H2,1-6H3. The third kappa shape index (κ3) is 4.60. The summed E-state index contributed by atoms with van der Waals surface area (Å²) >= 11 is 5.52. The Morgan fingerprint density at radius 1 is 1.12 bits per heavy atom. The van der Waals surface area contributed by atoms with Crippen LogP contribution in [0.2, 0.25) is 0 Å². The molecular formula is C30H47ClO2. The van der Waals surface area contributed by atoms with Gasteiger partial charge in [0.25, 0.3) is 0 Å². The van der Waals surface area contributed by atoms with Gasteiger partial charge in [-0.3, -0.25) is 0 Å². The van der Waals surface area contributed by atoms with Gasteiger partial charge < -0.3 is 4.74 Å². The van der Waals surface area contributed by atoms with Gasteiger partial charge in [-0.05, 0) is 104 Å². The van der Waals surface area contributed by atoms with E-state index in [9.17, 15) is 4.79 Å². The van der Waals surface area contributed by atoms with E-state index in [1.54, 1.807) is 5.57 Å². The molecule has 2 nitrogen and oxygen atoms in total. The van der Waals surface area contributed by atoms with E-state index in [0.29, 0.717) is 17.3 Å². The van der Waals surface area contributed by atoms with E-state index in [2.05, 4.69) is 59.8 Å². The average molecular weight is 475 g/mol. The van der Waals surface area contributed by atoms with E-state index in [1.807, 2.05) is 0 Å². The second-order valence-corrected chi connectivity index (χ2v) is 13.1. The third-order valence-electron chi connectivity index (χ3n) is 11.0. The molecule has 0 saturated heterocycles. The second kappa shape index (κ2) is 9.71. The van der Waals surface area contributed by atoms with Crippen molar-refractivity contribution >= 4 is 17.0 Å². The first-order valence-corrected chi connectivity index (χ1v) is 14.2. The number of ether oxygens (including phenoxy) is 1. The smallest absolute Gasteiger partial charge is 0.404 e. The summed E-state index contributed by atoms with van der Waals surface area (Å²) in [5, 5.41) is 0. The Kier molecular flexibility index (Phi) is 7.46. The molecule has 4 aliphatic rings. The molecule has 3 fully saturated rings. The van der Waals surface area contributed by atoms with Crippen molar-refractivity contribution in [3.63, 3.8) is 0 Å². The minimum Gasteiger partial charge on any atom is -0.450 e. The summed E-state index contributed by atoms with van der Waals surface area (Å²) in [6.07, 6.45) is 18.6. The molecule has 3 heteroatoms. The third-order valence-corrected chi connectivity index (χ3v) is 11.1. The van der Waals surface area contributed by atoms with Crippen LogP contribution in [0.15, 0.2) is 23.8 Å². The number of fused-ring (bicyclic) bond motifs is 5. The van der Waals surface area contributed by atoms with Gasteiger partial charge in [0, 0.05) is 18.0 Å². The van der Waals surface area contributed by atoms with Gasteiger partial charge in [-0.15, -0.1) is 0 Å². The van der Waals surface area contributed by atoms with E-state index in [0.717, 1.165) is 48.9 Å². The van der Waals surface area contributed by atoms with Crippen molar-refractivity contribution in [1.29, 1.82) is 0 Å². The molecule has 0 N–H and O–H groups in total. The fraction of sp³-hybridized carbons (Fsp3) is 0.833. The van der Waals surface area contributed by atoms with Crippen molar-refractivity contribution < 1.29 is 9.53 Å². The first kappa shape index (κ1) is 25.3. The van der Waals surface area contributed by atoms with Crippen molar-refractivity contribution in [2.24, 2.45) is 52.3 Å². The Morgan fingerprint density at radius 3 is 2.55 bits per heavy atom. The minimum atomic E-state index is -0.648. The lowest BCUT2D eigenvalue weighted by atomic mass is 9.47. The van der Waals surface area contributed by atoms with E-state index in [4.69, 9.17) is 16.3 Å². The van der Waals surface area contributed by atoms with E-state index in [-0.39, 0.29) is 11.5 Å². The van der Waals surface area contributed by atoms with Crippen molar-refractivity contribution in [3.8, 4) is 0 Å². The van der Waals surface area contributed by atoms with Crippen molar-refractivity contribution in [1.82, 2.24) is 0 Å². The van der Waals surface area contributed by atoms with Crippen LogP contribution in [0.5, 0.6) is 0 Å². The van der Waals surface area contributed by atoms with Gasteiger partial charge in [-0.1, -0.05) is 65.3 Å². The van der Waals surface area contributed by atoms with Crippen LogP contribution in [-0.4, -0.2) is 11.5 Å². The van der Waals surface area contributed by atoms with Crippen LogP contribution in [0.4, 0.5) is 4.79 Å². The Labute approximate surface area is 207 Å². The Hall–Kier alpha value is -0.760. The van der Waals surface area contributed by atoms with E-state index in [1.165, 1.54) is 38.5 Å². The normalized spacial score (nSPS) is 42.3.